The zero-order valence-corrected chi connectivity index (χ0v) is 10.5. The van der Waals surface area contributed by atoms with Crippen LogP contribution in [0.2, 0.25) is 0 Å². The van der Waals surface area contributed by atoms with Crippen LogP contribution in [0, 0.1) is 5.92 Å². The van der Waals surface area contributed by atoms with Gasteiger partial charge in [-0.15, -0.1) is 0 Å². The maximum absolute atomic E-state index is 11.5. The predicted molar refractivity (Wildman–Crippen MR) is 67.1 cm³/mol. The molecule has 94 valence electrons. The van der Waals surface area contributed by atoms with Crippen LogP contribution in [0.15, 0.2) is 0 Å². The van der Waals surface area contributed by atoms with Gasteiger partial charge in [0.05, 0.1) is 0 Å². The molecule has 1 rings (SSSR count). The molecule has 3 heteroatoms. The quantitative estimate of drug-likeness (QED) is 0.729. The van der Waals surface area contributed by atoms with Crippen molar-refractivity contribution < 1.29 is 4.79 Å². The first-order valence-corrected chi connectivity index (χ1v) is 6.70. The monoisotopic (exact) mass is 226 g/mol. The number of carbonyl (C=O) groups is 1. The molecule has 3 N–H and O–H groups in total. The average Bonchev–Trinajstić information content (AvgIpc) is 2.27. The van der Waals surface area contributed by atoms with Crippen molar-refractivity contribution in [3.63, 3.8) is 0 Å². The Bertz CT molecular complexity index is 198. The fourth-order valence-corrected chi connectivity index (χ4v) is 2.32. The van der Waals surface area contributed by atoms with Crippen molar-refractivity contribution in [2.45, 2.75) is 64.3 Å². The van der Waals surface area contributed by atoms with Gasteiger partial charge in [-0.05, 0) is 38.5 Å². The summed E-state index contributed by atoms with van der Waals surface area (Å²) in [7, 11) is 0. The van der Waals surface area contributed by atoms with E-state index in [1.165, 1.54) is 32.1 Å². The summed E-state index contributed by atoms with van der Waals surface area (Å²) in [5, 5.41) is 3.05. The van der Waals surface area contributed by atoms with Gasteiger partial charge in [-0.3, -0.25) is 4.79 Å². The van der Waals surface area contributed by atoms with Gasteiger partial charge in [0.1, 0.15) is 0 Å². The SMILES string of the molecule is CC(N)CCCC(=O)NCC1CCCCC1. The topological polar surface area (TPSA) is 55.1 Å². The first-order valence-electron chi connectivity index (χ1n) is 6.70. The Kier molecular flexibility index (Phi) is 6.46. The van der Waals surface area contributed by atoms with Gasteiger partial charge in [-0.1, -0.05) is 19.3 Å². The van der Waals surface area contributed by atoms with E-state index >= 15 is 0 Å². The minimum Gasteiger partial charge on any atom is -0.356 e. The van der Waals surface area contributed by atoms with Gasteiger partial charge in [-0.2, -0.15) is 0 Å². The molecule has 0 radical (unpaired) electrons. The number of carbonyl (C=O) groups excluding carboxylic acids is 1. The van der Waals surface area contributed by atoms with E-state index in [0.717, 1.165) is 25.3 Å². The second-order valence-electron chi connectivity index (χ2n) is 5.18. The second kappa shape index (κ2) is 7.66. The van der Waals surface area contributed by atoms with Gasteiger partial charge >= 0.3 is 0 Å². The highest BCUT2D eigenvalue weighted by Gasteiger charge is 2.13. The van der Waals surface area contributed by atoms with E-state index in [0.29, 0.717) is 6.42 Å². The van der Waals surface area contributed by atoms with Crippen molar-refractivity contribution in [1.82, 2.24) is 5.32 Å². The summed E-state index contributed by atoms with van der Waals surface area (Å²) in [4.78, 5) is 11.5. The third-order valence-electron chi connectivity index (χ3n) is 3.38. The molecule has 0 aliphatic heterocycles. The first-order chi connectivity index (χ1) is 7.68. The van der Waals surface area contributed by atoms with Crippen molar-refractivity contribution in [2.24, 2.45) is 11.7 Å². The third kappa shape index (κ3) is 6.11. The number of amides is 1. The van der Waals surface area contributed by atoms with Crippen molar-refractivity contribution in [3.8, 4) is 0 Å². The predicted octanol–water partition coefficient (Wildman–Crippen LogP) is 2.20. The normalized spacial score (nSPS) is 19.4. The highest BCUT2D eigenvalue weighted by Crippen LogP contribution is 2.22. The molecule has 1 aliphatic rings. The highest BCUT2D eigenvalue weighted by molar-refractivity contribution is 5.75. The number of nitrogens with two attached hydrogens (primary N) is 1. The fraction of sp³-hybridized carbons (Fsp3) is 0.923. The number of hydrogen-bond acceptors (Lipinski definition) is 2. The largest absolute Gasteiger partial charge is 0.356 e. The molecule has 0 aromatic carbocycles. The van der Waals surface area contributed by atoms with Crippen molar-refractivity contribution in [2.75, 3.05) is 6.54 Å². The van der Waals surface area contributed by atoms with E-state index in [1.54, 1.807) is 0 Å². The van der Waals surface area contributed by atoms with Crippen LogP contribution in [-0.4, -0.2) is 18.5 Å². The number of hydrogen-bond donors (Lipinski definition) is 2. The zero-order valence-electron chi connectivity index (χ0n) is 10.5. The molecular formula is C13H26N2O. The summed E-state index contributed by atoms with van der Waals surface area (Å²) in [6.45, 7) is 2.87. The molecule has 1 unspecified atom stereocenters. The first kappa shape index (κ1) is 13.5. The maximum atomic E-state index is 11.5. The van der Waals surface area contributed by atoms with E-state index < -0.39 is 0 Å². The Morgan fingerprint density at radius 2 is 2.06 bits per heavy atom. The van der Waals surface area contributed by atoms with Crippen LogP contribution in [0.1, 0.15) is 58.3 Å². The maximum Gasteiger partial charge on any atom is 0.220 e. The van der Waals surface area contributed by atoms with E-state index in [1.807, 2.05) is 6.92 Å². The molecule has 0 aromatic rings. The summed E-state index contributed by atoms with van der Waals surface area (Å²) in [5.74, 6) is 0.928. The van der Waals surface area contributed by atoms with Crippen LogP contribution in [0.4, 0.5) is 0 Å². The van der Waals surface area contributed by atoms with Gasteiger partial charge in [0.15, 0.2) is 0 Å². The molecule has 0 saturated heterocycles. The van der Waals surface area contributed by atoms with Crippen LogP contribution < -0.4 is 11.1 Å². The summed E-state index contributed by atoms with van der Waals surface area (Å²) in [6.07, 6.45) is 9.12. The lowest BCUT2D eigenvalue weighted by atomic mass is 9.89. The minimum absolute atomic E-state index is 0.200. The standard InChI is InChI=1S/C13H26N2O/c1-11(14)6-5-9-13(16)15-10-12-7-3-2-4-8-12/h11-12H,2-10,14H2,1H3,(H,15,16). The van der Waals surface area contributed by atoms with E-state index in [4.69, 9.17) is 5.73 Å². The summed E-state index contributed by atoms with van der Waals surface area (Å²) in [5.41, 5.74) is 5.64. The Morgan fingerprint density at radius 3 is 2.69 bits per heavy atom. The van der Waals surface area contributed by atoms with Crippen LogP contribution in [0.5, 0.6) is 0 Å². The number of nitrogens with one attached hydrogen (secondary N) is 1. The molecule has 1 atom stereocenters. The van der Waals surface area contributed by atoms with Crippen molar-refractivity contribution in [3.05, 3.63) is 0 Å². The molecule has 0 bridgehead atoms. The van der Waals surface area contributed by atoms with Crippen molar-refractivity contribution in [1.29, 1.82) is 0 Å². The lowest BCUT2D eigenvalue weighted by Gasteiger charge is -2.21. The van der Waals surface area contributed by atoms with E-state index in [-0.39, 0.29) is 11.9 Å². The Hall–Kier alpha value is -0.570. The molecule has 1 aliphatic carbocycles. The van der Waals surface area contributed by atoms with Crippen LogP contribution >= 0.6 is 0 Å². The van der Waals surface area contributed by atoms with Gasteiger partial charge in [0.2, 0.25) is 5.91 Å². The van der Waals surface area contributed by atoms with Crippen LogP contribution in [0.25, 0.3) is 0 Å². The minimum atomic E-state index is 0.200. The van der Waals surface area contributed by atoms with E-state index in [2.05, 4.69) is 5.32 Å². The summed E-state index contributed by atoms with van der Waals surface area (Å²) in [6, 6.07) is 0.214. The van der Waals surface area contributed by atoms with Crippen LogP contribution in [-0.2, 0) is 4.79 Å². The Balaban J connectivity index is 2.00. The van der Waals surface area contributed by atoms with Gasteiger partial charge < -0.3 is 11.1 Å². The highest BCUT2D eigenvalue weighted by atomic mass is 16.1. The molecule has 0 spiro atoms. The molecule has 1 saturated carbocycles. The molecule has 0 aromatic heterocycles. The Morgan fingerprint density at radius 1 is 1.38 bits per heavy atom. The zero-order chi connectivity index (χ0) is 11.8. The molecule has 1 amide bonds. The lowest BCUT2D eigenvalue weighted by Crippen LogP contribution is -2.30. The Labute approximate surface area is 99.2 Å². The van der Waals surface area contributed by atoms with Crippen LogP contribution in [0.3, 0.4) is 0 Å². The third-order valence-corrected chi connectivity index (χ3v) is 3.38. The lowest BCUT2D eigenvalue weighted by molar-refractivity contribution is -0.121. The van der Waals surface area contributed by atoms with Crippen molar-refractivity contribution >= 4 is 5.91 Å². The van der Waals surface area contributed by atoms with Gasteiger partial charge in [0, 0.05) is 19.0 Å². The molecule has 0 heterocycles. The van der Waals surface area contributed by atoms with Gasteiger partial charge in [0.25, 0.3) is 0 Å². The fourth-order valence-electron chi connectivity index (χ4n) is 2.32. The summed E-state index contributed by atoms with van der Waals surface area (Å²) >= 11 is 0. The molecule has 16 heavy (non-hydrogen) atoms. The molecule has 1 fully saturated rings. The van der Waals surface area contributed by atoms with E-state index in [9.17, 15) is 4.79 Å². The average molecular weight is 226 g/mol. The second-order valence-corrected chi connectivity index (χ2v) is 5.18. The summed E-state index contributed by atoms with van der Waals surface area (Å²) < 4.78 is 0. The molecule has 3 nitrogen and oxygen atoms in total. The number of rotatable bonds is 6. The smallest absolute Gasteiger partial charge is 0.220 e. The molecular weight excluding hydrogens is 200 g/mol. The van der Waals surface area contributed by atoms with Gasteiger partial charge in [-0.25, -0.2) is 0 Å².